The molecule has 4 nitrogen and oxygen atoms in total. The van der Waals surface area contributed by atoms with Gasteiger partial charge in [0.2, 0.25) is 0 Å². The van der Waals surface area contributed by atoms with Gasteiger partial charge in [-0.1, -0.05) is 18.2 Å². The zero-order valence-corrected chi connectivity index (χ0v) is 13.3. The molecule has 0 unspecified atom stereocenters. The van der Waals surface area contributed by atoms with E-state index >= 15 is 0 Å². The number of aromatic nitrogens is 1. The van der Waals surface area contributed by atoms with Gasteiger partial charge >= 0.3 is 5.97 Å². The van der Waals surface area contributed by atoms with Gasteiger partial charge in [0.15, 0.2) is 3.95 Å². The molecule has 0 saturated heterocycles. The highest BCUT2D eigenvalue weighted by atomic mass is 32.1. The molecule has 110 valence electrons. The highest BCUT2D eigenvalue weighted by Gasteiger charge is 2.01. The standard InChI is InChI=1S/C15H15NO3S2/c1-3-19-14(17)9-11-13(21-15(20)16-11)8-10-6-4-5-7-12(10)18-2/h4-9H,3H2,1-2H3,(H,16,20)/b11-9-,13-8-. The second kappa shape index (κ2) is 7.19. The molecule has 0 aliphatic carbocycles. The van der Waals surface area contributed by atoms with Crippen LogP contribution in [0.4, 0.5) is 0 Å². The van der Waals surface area contributed by atoms with Crippen LogP contribution in [0.5, 0.6) is 5.75 Å². The van der Waals surface area contributed by atoms with Gasteiger partial charge in [-0.3, -0.25) is 0 Å². The van der Waals surface area contributed by atoms with E-state index in [9.17, 15) is 4.79 Å². The van der Waals surface area contributed by atoms with Gasteiger partial charge in [0, 0.05) is 11.6 Å². The number of methoxy groups -OCH3 is 1. The summed E-state index contributed by atoms with van der Waals surface area (Å²) in [4.78, 5) is 14.6. The zero-order chi connectivity index (χ0) is 15.2. The lowest BCUT2D eigenvalue weighted by molar-refractivity contribution is -0.135. The molecule has 1 N–H and O–H groups in total. The van der Waals surface area contributed by atoms with Gasteiger partial charge in [-0.25, -0.2) is 4.79 Å². The van der Waals surface area contributed by atoms with Crippen molar-refractivity contribution < 1.29 is 14.3 Å². The summed E-state index contributed by atoms with van der Waals surface area (Å²) in [6.45, 7) is 2.11. The van der Waals surface area contributed by atoms with E-state index in [1.807, 2.05) is 30.3 Å². The SMILES string of the molecule is CCOC(=O)/C=c1\[nH]c(=S)s\c1=C/c1ccccc1OC. The molecule has 6 heteroatoms. The summed E-state index contributed by atoms with van der Waals surface area (Å²) < 4.78 is 11.7. The molecule has 0 fully saturated rings. The Kier molecular flexibility index (Phi) is 5.30. The Morgan fingerprint density at radius 3 is 2.90 bits per heavy atom. The number of carbonyl (C=O) groups is 1. The van der Waals surface area contributed by atoms with E-state index in [2.05, 4.69) is 4.98 Å². The average Bonchev–Trinajstić information content (AvgIpc) is 2.79. The Morgan fingerprint density at radius 2 is 2.19 bits per heavy atom. The Balaban J connectivity index is 2.57. The minimum Gasteiger partial charge on any atom is -0.496 e. The predicted molar refractivity (Wildman–Crippen MR) is 86.4 cm³/mol. The molecule has 0 spiro atoms. The fraction of sp³-hybridized carbons (Fsp3) is 0.200. The molecule has 0 aliphatic rings. The van der Waals surface area contributed by atoms with Gasteiger partial charge < -0.3 is 14.5 Å². The normalized spacial score (nSPS) is 12.5. The van der Waals surface area contributed by atoms with E-state index in [1.165, 1.54) is 17.4 Å². The lowest BCUT2D eigenvalue weighted by atomic mass is 10.2. The van der Waals surface area contributed by atoms with E-state index in [0.29, 0.717) is 15.9 Å². The van der Waals surface area contributed by atoms with E-state index in [-0.39, 0.29) is 0 Å². The number of carbonyl (C=O) groups excluding carboxylic acids is 1. The number of thiazole rings is 1. The Labute approximate surface area is 131 Å². The van der Waals surface area contributed by atoms with Crippen LogP contribution >= 0.6 is 23.6 Å². The van der Waals surface area contributed by atoms with Crippen LogP contribution in [0.1, 0.15) is 12.5 Å². The van der Waals surface area contributed by atoms with Crippen molar-refractivity contribution in [2.75, 3.05) is 13.7 Å². The Bertz CT molecular complexity index is 805. The van der Waals surface area contributed by atoms with Crippen molar-refractivity contribution in [2.45, 2.75) is 6.92 Å². The molecule has 1 aromatic heterocycles. The van der Waals surface area contributed by atoms with Crippen LogP contribution in [-0.4, -0.2) is 24.7 Å². The van der Waals surface area contributed by atoms with Crippen molar-refractivity contribution in [3.63, 3.8) is 0 Å². The smallest absolute Gasteiger partial charge is 0.332 e. The van der Waals surface area contributed by atoms with Gasteiger partial charge in [0.1, 0.15) is 5.75 Å². The largest absolute Gasteiger partial charge is 0.496 e. The summed E-state index contributed by atoms with van der Waals surface area (Å²) in [6.07, 6.45) is 3.35. The number of nitrogens with one attached hydrogen (secondary N) is 1. The number of aromatic amines is 1. The first-order chi connectivity index (χ1) is 10.1. The zero-order valence-electron chi connectivity index (χ0n) is 11.7. The minimum absolute atomic E-state index is 0.339. The first-order valence-electron chi connectivity index (χ1n) is 6.36. The van der Waals surface area contributed by atoms with Gasteiger partial charge in [-0.2, -0.15) is 0 Å². The number of para-hydroxylation sites is 1. The second-order valence-electron chi connectivity index (χ2n) is 4.08. The van der Waals surface area contributed by atoms with Crippen LogP contribution in [0, 0.1) is 3.95 Å². The molecule has 0 saturated carbocycles. The summed E-state index contributed by atoms with van der Waals surface area (Å²) in [7, 11) is 1.62. The molecule has 0 atom stereocenters. The quantitative estimate of drug-likeness (QED) is 0.691. The van der Waals surface area contributed by atoms with Crippen LogP contribution in [0.2, 0.25) is 0 Å². The highest BCUT2D eigenvalue weighted by molar-refractivity contribution is 7.73. The van der Waals surface area contributed by atoms with Gasteiger partial charge in [0.25, 0.3) is 0 Å². The molecule has 0 aliphatic heterocycles. The van der Waals surface area contributed by atoms with E-state index < -0.39 is 5.97 Å². The minimum atomic E-state index is -0.392. The van der Waals surface area contributed by atoms with Crippen molar-refractivity contribution in [2.24, 2.45) is 0 Å². The lowest BCUT2D eigenvalue weighted by Crippen LogP contribution is -2.23. The number of rotatable bonds is 4. The van der Waals surface area contributed by atoms with Crippen LogP contribution in [0.15, 0.2) is 24.3 Å². The number of H-pyrrole nitrogens is 1. The van der Waals surface area contributed by atoms with E-state index in [1.54, 1.807) is 14.0 Å². The highest BCUT2D eigenvalue weighted by Crippen LogP contribution is 2.17. The molecule has 21 heavy (non-hydrogen) atoms. The molecule has 1 heterocycles. The van der Waals surface area contributed by atoms with Crippen molar-refractivity contribution in [3.05, 3.63) is 43.7 Å². The Hall–Kier alpha value is -1.92. The molecule has 0 radical (unpaired) electrons. The Morgan fingerprint density at radius 1 is 1.43 bits per heavy atom. The average molecular weight is 321 g/mol. The van der Waals surface area contributed by atoms with Crippen LogP contribution in [0.3, 0.4) is 0 Å². The van der Waals surface area contributed by atoms with Crippen molar-refractivity contribution >= 4 is 41.7 Å². The van der Waals surface area contributed by atoms with Gasteiger partial charge in [-0.15, -0.1) is 11.3 Å². The van der Waals surface area contributed by atoms with Crippen molar-refractivity contribution in [1.29, 1.82) is 0 Å². The number of ether oxygens (including phenoxy) is 2. The molecule has 2 aromatic rings. The fourth-order valence-corrected chi connectivity index (χ4v) is 2.94. The fourth-order valence-electron chi connectivity index (χ4n) is 1.80. The molecule has 2 rings (SSSR count). The maximum atomic E-state index is 11.6. The van der Waals surface area contributed by atoms with E-state index in [4.69, 9.17) is 21.7 Å². The van der Waals surface area contributed by atoms with Crippen LogP contribution in [-0.2, 0) is 9.53 Å². The lowest BCUT2D eigenvalue weighted by Gasteiger charge is -2.02. The maximum Gasteiger partial charge on any atom is 0.332 e. The van der Waals surface area contributed by atoms with Crippen molar-refractivity contribution in [1.82, 2.24) is 4.98 Å². The number of esters is 1. The summed E-state index contributed by atoms with van der Waals surface area (Å²) in [6, 6.07) is 7.65. The van der Waals surface area contributed by atoms with Gasteiger partial charge in [0.05, 0.1) is 23.6 Å². The third-order valence-corrected chi connectivity index (χ3v) is 3.88. The first-order valence-corrected chi connectivity index (χ1v) is 7.59. The number of hydrogen-bond acceptors (Lipinski definition) is 5. The molecular formula is C15H15NO3S2. The topological polar surface area (TPSA) is 51.3 Å². The number of benzene rings is 1. The molecule has 0 amide bonds. The molecule has 1 aromatic carbocycles. The summed E-state index contributed by atoms with van der Waals surface area (Å²) in [5.41, 5.74) is 0.920. The van der Waals surface area contributed by atoms with Gasteiger partial charge in [-0.05, 0) is 31.3 Å². The summed E-state index contributed by atoms with van der Waals surface area (Å²) in [5.74, 6) is 0.370. The first kappa shape index (κ1) is 15.5. The number of hydrogen-bond donors (Lipinski definition) is 1. The van der Waals surface area contributed by atoms with Crippen LogP contribution in [0.25, 0.3) is 12.2 Å². The third-order valence-electron chi connectivity index (χ3n) is 2.68. The van der Waals surface area contributed by atoms with Crippen LogP contribution < -0.4 is 14.6 Å². The van der Waals surface area contributed by atoms with Crippen molar-refractivity contribution in [3.8, 4) is 5.75 Å². The second-order valence-corrected chi connectivity index (χ2v) is 5.79. The predicted octanol–water partition coefficient (Wildman–Crippen LogP) is 1.99. The molecule has 0 bridgehead atoms. The summed E-state index contributed by atoms with van der Waals surface area (Å²) in [5, 5.41) is 0.648. The molecular weight excluding hydrogens is 306 g/mol. The monoisotopic (exact) mass is 321 g/mol. The van der Waals surface area contributed by atoms with E-state index in [0.717, 1.165) is 15.8 Å². The third kappa shape index (κ3) is 4.03. The maximum absolute atomic E-state index is 11.6. The summed E-state index contributed by atoms with van der Waals surface area (Å²) >= 11 is 6.55.